The Morgan fingerprint density at radius 3 is 2.46 bits per heavy atom. The van der Waals surface area contributed by atoms with Gasteiger partial charge in [-0.05, 0) is 49.3 Å². The van der Waals surface area contributed by atoms with E-state index in [0.717, 1.165) is 31.2 Å². The normalized spacial score (nSPS) is 19.3. The van der Waals surface area contributed by atoms with Crippen molar-refractivity contribution in [3.63, 3.8) is 0 Å². The Bertz CT molecular complexity index is 850. The Balaban J connectivity index is 1.39. The van der Waals surface area contributed by atoms with Gasteiger partial charge in [-0.2, -0.15) is 0 Å². The third kappa shape index (κ3) is 3.16. The van der Waals surface area contributed by atoms with Gasteiger partial charge < -0.3 is 4.90 Å². The Morgan fingerprint density at radius 2 is 1.85 bits per heavy atom. The molecule has 1 aliphatic carbocycles. The minimum atomic E-state index is -0.444. The molecular formula is C20H22FN3O2. The van der Waals surface area contributed by atoms with Crippen molar-refractivity contribution in [2.75, 3.05) is 13.1 Å². The average Bonchev–Trinajstić information content (AvgIpc) is 3.46. The van der Waals surface area contributed by atoms with Gasteiger partial charge in [0, 0.05) is 31.9 Å². The largest absolute Gasteiger partial charge is 0.342 e. The molecule has 1 saturated carbocycles. The molecule has 2 aromatic rings. The fraction of sp³-hybridized carbons (Fsp3) is 0.450. The van der Waals surface area contributed by atoms with Gasteiger partial charge in [-0.1, -0.05) is 12.1 Å². The summed E-state index contributed by atoms with van der Waals surface area (Å²) in [6, 6.07) is 7.81. The lowest BCUT2D eigenvalue weighted by molar-refractivity contribution is -0.135. The van der Waals surface area contributed by atoms with Gasteiger partial charge in [0.05, 0.1) is 11.7 Å². The third-order valence-electron chi connectivity index (χ3n) is 5.71. The molecular weight excluding hydrogens is 333 g/mol. The van der Waals surface area contributed by atoms with E-state index in [0.29, 0.717) is 25.6 Å². The van der Waals surface area contributed by atoms with Crippen LogP contribution in [0, 0.1) is 11.7 Å². The van der Waals surface area contributed by atoms with Gasteiger partial charge in [0.2, 0.25) is 5.91 Å². The van der Waals surface area contributed by atoms with Gasteiger partial charge in [-0.25, -0.2) is 9.37 Å². The van der Waals surface area contributed by atoms with Crippen LogP contribution in [-0.2, 0) is 16.8 Å². The van der Waals surface area contributed by atoms with Crippen LogP contribution in [0.25, 0.3) is 0 Å². The first-order valence-electron chi connectivity index (χ1n) is 9.14. The van der Waals surface area contributed by atoms with E-state index in [1.54, 1.807) is 23.0 Å². The number of halogens is 1. The van der Waals surface area contributed by atoms with Crippen LogP contribution in [0.2, 0.25) is 0 Å². The van der Waals surface area contributed by atoms with E-state index in [1.807, 2.05) is 4.90 Å². The van der Waals surface area contributed by atoms with Crippen molar-refractivity contribution in [1.82, 2.24) is 14.5 Å². The van der Waals surface area contributed by atoms with E-state index in [2.05, 4.69) is 4.98 Å². The fourth-order valence-electron chi connectivity index (χ4n) is 3.93. The van der Waals surface area contributed by atoms with E-state index in [9.17, 15) is 14.0 Å². The second-order valence-electron chi connectivity index (χ2n) is 7.40. The van der Waals surface area contributed by atoms with Crippen LogP contribution >= 0.6 is 0 Å². The zero-order chi connectivity index (χ0) is 18.1. The standard InChI is InChI=1S/C20H22FN3O2/c21-17-3-1-16(2-4-17)20(8-9-20)19(26)23-11-6-15(7-12-23)13-24-14-22-10-5-18(24)25/h1-5,10,14-15H,6-9,11-13H2. The number of nitrogens with zero attached hydrogens (tertiary/aromatic N) is 3. The van der Waals surface area contributed by atoms with Crippen molar-refractivity contribution in [3.8, 4) is 0 Å². The van der Waals surface area contributed by atoms with Crippen molar-refractivity contribution in [2.24, 2.45) is 5.92 Å². The molecule has 0 unspecified atom stereocenters. The molecule has 0 N–H and O–H groups in total. The highest BCUT2D eigenvalue weighted by molar-refractivity contribution is 5.91. The van der Waals surface area contributed by atoms with Crippen LogP contribution in [0.4, 0.5) is 4.39 Å². The van der Waals surface area contributed by atoms with Crippen molar-refractivity contribution in [3.05, 3.63) is 64.6 Å². The van der Waals surface area contributed by atoms with E-state index in [-0.39, 0.29) is 17.3 Å². The van der Waals surface area contributed by atoms with Gasteiger partial charge in [-0.3, -0.25) is 14.2 Å². The first-order valence-corrected chi connectivity index (χ1v) is 9.14. The summed E-state index contributed by atoms with van der Waals surface area (Å²) in [4.78, 5) is 30.8. The number of likely N-dealkylation sites (tertiary alicyclic amines) is 1. The Hall–Kier alpha value is -2.50. The van der Waals surface area contributed by atoms with Crippen LogP contribution < -0.4 is 5.56 Å². The summed E-state index contributed by atoms with van der Waals surface area (Å²) in [7, 11) is 0. The Morgan fingerprint density at radius 1 is 1.15 bits per heavy atom. The Kier molecular flexibility index (Phi) is 4.34. The number of carbonyl (C=O) groups excluding carboxylic acids is 1. The van der Waals surface area contributed by atoms with Crippen LogP contribution in [-0.4, -0.2) is 33.4 Å². The second kappa shape index (κ2) is 6.67. The molecule has 1 amide bonds. The van der Waals surface area contributed by atoms with Gasteiger partial charge in [0.1, 0.15) is 5.82 Å². The fourth-order valence-corrected chi connectivity index (χ4v) is 3.93. The molecule has 2 aliphatic rings. The molecule has 2 fully saturated rings. The molecule has 1 aromatic heterocycles. The van der Waals surface area contributed by atoms with E-state index >= 15 is 0 Å². The van der Waals surface area contributed by atoms with Gasteiger partial charge in [0.25, 0.3) is 5.56 Å². The molecule has 1 aliphatic heterocycles. The van der Waals surface area contributed by atoms with Crippen LogP contribution in [0.15, 0.2) is 47.7 Å². The summed E-state index contributed by atoms with van der Waals surface area (Å²) in [6.07, 6.45) is 6.52. The van der Waals surface area contributed by atoms with Crippen molar-refractivity contribution < 1.29 is 9.18 Å². The molecule has 0 atom stereocenters. The summed E-state index contributed by atoms with van der Waals surface area (Å²) in [5.74, 6) is 0.270. The minimum absolute atomic E-state index is 0.0354. The van der Waals surface area contributed by atoms with Crippen LogP contribution in [0.1, 0.15) is 31.2 Å². The lowest BCUT2D eigenvalue weighted by atomic mass is 9.91. The predicted molar refractivity (Wildman–Crippen MR) is 95.1 cm³/mol. The van der Waals surface area contributed by atoms with Crippen molar-refractivity contribution in [2.45, 2.75) is 37.6 Å². The second-order valence-corrected chi connectivity index (χ2v) is 7.40. The topological polar surface area (TPSA) is 55.2 Å². The molecule has 1 aromatic carbocycles. The van der Waals surface area contributed by atoms with E-state index < -0.39 is 5.41 Å². The highest BCUT2D eigenvalue weighted by Crippen LogP contribution is 2.50. The van der Waals surface area contributed by atoms with Crippen LogP contribution in [0.5, 0.6) is 0 Å². The maximum Gasteiger partial charge on any atom is 0.253 e. The number of hydrogen-bond donors (Lipinski definition) is 0. The summed E-state index contributed by atoms with van der Waals surface area (Å²) in [5.41, 5.74) is 0.445. The summed E-state index contributed by atoms with van der Waals surface area (Å²) >= 11 is 0. The minimum Gasteiger partial charge on any atom is -0.342 e. The Labute approximate surface area is 151 Å². The number of aromatic nitrogens is 2. The first-order chi connectivity index (χ1) is 12.6. The molecule has 5 nitrogen and oxygen atoms in total. The van der Waals surface area contributed by atoms with Crippen molar-refractivity contribution in [1.29, 1.82) is 0 Å². The molecule has 6 heteroatoms. The van der Waals surface area contributed by atoms with Gasteiger partial charge in [-0.15, -0.1) is 0 Å². The lowest BCUT2D eigenvalue weighted by Gasteiger charge is -2.34. The highest BCUT2D eigenvalue weighted by atomic mass is 19.1. The molecule has 136 valence electrons. The van der Waals surface area contributed by atoms with Gasteiger partial charge in [0.15, 0.2) is 0 Å². The third-order valence-corrected chi connectivity index (χ3v) is 5.71. The SMILES string of the molecule is O=C(N1CCC(Cn2cnccc2=O)CC1)C1(c2ccc(F)cc2)CC1. The number of rotatable bonds is 4. The maximum atomic E-state index is 13.2. The zero-order valence-electron chi connectivity index (χ0n) is 14.6. The molecule has 26 heavy (non-hydrogen) atoms. The summed E-state index contributed by atoms with van der Waals surface area (Å²) in [6.45, 7) is 2.07. The summed E-state index contributed by atoms with van der Waals surface area (Å²) in [5, 5.41) is 0. The molecule has 0 radical (unpaired) electrons. The first kappa shape index (κ1) is 16.9. The maximum absolute atomic E-state index is 13.2. The van der Waals surface area contributed by atoms with E-state index in [4.69, 9.17) is 0 Å². The van der Waals surface area contributed by atoms with Crippen molar-refractivity contribution >= 4 is 5.91 Å². The molecule has 1 saturated heterocycles. The predicted octanol–water partition coefficient (Wildman–Crippen LogP) is 2.35. The molecule has 0 spiro atoms. The number of amides is 1. The highest BCUT2D eigenvalue weighted by Gasteiger charge is 2.53. The molecule has 4 rings (SSSR count). The van der Waals surface area contributed by atoms with Crippen LogP contribution in [0.3, 0.4) is 0 Å². The monoisotopic (exact) mass is 355 g/mol. The number of piperidine rings is 1. The number of benzene rings is 1. The molecule has 2 heterocycles. The summed E-state index contributed by atoms with van der Waals surface area (Å²) < 4.78 is 14.8. The number of hydrogen-bond acceptors (Lipinski definition) is 3. The quantitative estimate of drug-likeness (QED) is 0.846. The molecule has 0 bridgehead atoms. The number of carbonyl (C=O) groups is 1. The van der Waals surface area contributed by atoms with E-state index in [1.165, 1.54) is 24.4 Å². The van der Waals surface area contributed by atoms with Gasteiger partial charge >= 0.3 is 0 Å². The lowest BCUT2D eigenvalue weighted by Crippen LogP contribution is -2.44. The smallest absolute Gasteiger partial charge is 0.253 e. The average molecular weight is 355 g/mol. The zero-order valence-corrected chi connectivity index (χ0v) is 14.6.